The van der Waals surface area contributed by atoms with E-state index in [4.69, 9.17) is 10.5 Å². The molecule has 5 heteroatoms. The van der Waals surface area contributed by atoms with Crippen molar-refractivity contribution < 1.29 is 9.53 Å². The van der Waals surface area contributed by atoms with Crippen molar-refractivity contribution in [3.8, 4) is 5.75 Å². The normalized spacial score (nSPS) is 12.0. The van der Waals surface area contributed by atoms with E-state index in [0.717, 1.165) is 23.1 Å². The molecular formula is C15H23BrN2O2. The van der Waals surface area contributed by atoms with Gasteiger partial charge >= 0.3 is 0 Å². The third-order valence-electron chi connectivity index (χ3n) is 2.98. The van der Waals surface area contributed by atoms with Gasteiger partial charge in [-0.15, -0.1) is 0 Å². The summed E-state index contributed by atoms with van der Waals surface area (Å²) in [5.41, 5.74) is 7.13. The largest absolute Gasteiger partial charge is 0.492 e. The van der Waals surface area contributed by atoms with E-state index in [2.05, 4.69) is 28.2 Å². The summed E-state index contributed by atoms with van der Waals surface area (Å²) in [7, 11) is 0. The van der Waals surface area contributed by atoms with Crippen molar-refractivity contribution in [2.75, 3.05) is 13.2 Å². The van der Waals surface area contributed by atoms with Crippen LogP contribution in [0.5, 0.6) is 5.75 Å². The molecule has 1 amide bonds. The fourth-order valence-corrected chi connectivity index (χ4v) is 2.32. The Balaban J connectivity index is 2.49. The smallest absolute Gasteiger partial charge is 0.223 e. The average Bonchev–Trinajstić information content (AvgIpc) is 2.41. The number of benzene rings is 1. The van der Waals surface area contributed by atoms with Crippen LogP contribution in [0.15, 0.2) is 22.7 Å². The summed E-state index contributed by atoms with van der Waals surface area (Å²) in [4.78, 5) is 11.3. The molecule has 1 rings (SSSR count). The first-order valence-electron chi connectivity index (χ1n) is 7.00. The van der Waals surface area contributed by atoms with Crippen LogP contribution >= 0.6 is 15.9 Å². The minimum atomic E-state index is 0.00848. The Bertz CT molecular complexity index is 438. The summed E-state index contributed by atoms with van der Waals surface area (Å²) in [5, 5.41) is 2.74. The van der Waals surface area contributed by atoms with Crippen LogP contribution < -0.4 is 15.8 Å². The SMILES string of the molecule is CCNC(=O)CCOc1ccc(CC(N)CC)cc1Br. The zero-order chi connectivity index (χ0) is 15.0. The number of nitrogens with two attached hydrogens (primary N) is 1. The third kappa shape index (κ3) is 5.92. The highest BCUT2D eigenvalue weighted by atomic mass is 79.9. The van der Waals surface area contributed by atoms with E-state index in [1.54, 1.807) is 0 Å². The van der Waals surface area contributed by atoms with Gasteiger partial charge in [-0.1, -0.05) is 13.0 Å². The second-order valence-corrected chi connectivity index (χ2v) is 5.54. The maximum atomic E-state index is 11.3. The van der Waals surface area contributed by atoms with Crippen molar-refractivity contribution in [2.24, 2.45) is 5.73 Å². The van der Waals surface area contributed by atoms with Gasteiger partial charge in [-0.05, 0) is 53.4 Å². The lowest BCUT2D eigenvalue weighted by Gasteiger charge is -2.12. The van der Waals surface area contributed by atoms with Crippen molar-refractivity contribution in [3.63, 3.8) is 0 Å². The quantitative estimate of drug-likeness (QED) is 0.763. The van der Waals surface area contributed by atoms with E-state index in [1.165, 1.54) is 5.56 Å². The van der Waals surface area contributed by atoms with Crippen LogP contribution in [0.3, 0.4) is 0 Å². The average molecular weight is 343 g/mol. The van der Waals surface area contributed by atoms with E-state index in [9.17, 15) is 4.79 Å². The summed E-state index contributed by atoms with van der Waals surface area (Å²) in [6.45, 7) is 5.00. The molecule has 0 radical (unpaired) electrons. The zero-order valence-electron chi connectivity index (χ0n) is 12.1. The van der Waals surface area contributed by atoms with Crippen LogP contribution in [0.1, 0.15) is 32.3 Å². The molecule has 0 heterocycles. The highest BCUT2D eigenvalue weighted by molar-refractivity contribution is 9.10. The summed E-state index contributed by atoms with van der Waals surface area (Å²) in [6.07, 6.45) is 2.18. The molecule has 1 aromatic carbocycles. The van der Waals surface area contributed by atoms with Gasteiger partial charge in [0.15, 0.2) is 0 Å². The second kappa shape index (κ2) is 8.97. The van der Waals surface area contributed by atoms with Crippen molar-refractivity contribution in [1.82, 2.24) is 5.32 Å². The van der Waals surface area contributed by atoms with E-state index in [0.29, 0.717) is 19.6 Å². The highest BCUT2D eigenvalue weighted by Gasteiger charge is 2.07. The lowest BCUT2D eigenvalue weighted by molar-refractivity contribution is -0.121. The molecule has 0 fully saturated rings. The Kier molecular flexibility index (Phi) is 7.62. The van der Waals surface area contributed by atoms with Crippen LogP contribution in [-0.4, -0.2) is 25.1 Å². The van der Waals surface area contributed by atoms with Crippen LogP contribution in [0.25, 0.3) is 0 Å². The second-order valence-electron chi connectivity index (χ2n) is 4.69. The number of carbonyl (C=O) groups excluding carboxylic acids is 1. The maximum Gasteiger partial charge on any atom is 0.223 e. The van der Waals surface area contributed by atoms with Crippen LogP contribution in [-0.2, 0) is 11.2 Å². The number of hydrogen-bond acceptors (Lipinski definition) is 3. The van der Waals surface area contributed by atoms with E-state index >= 15 is 0 Å². The van der Waals surface area contributed by atoms with Crippen LogP contribution in [0, 0.1) is 0 Å². The molecule has 112 valence electrons. The molecule has 0 saturated heterocycles. The summed E-state index contributed by atoms with van der Waals surface area (Å²) in [5.74, 6) is 0.761. The Hall–Kier alpha value is -1.07. The number of amides is 1. The Morgan fingerprint density at radius 2 is 2.20 bits per heavy atom. The van der Waals surface area contributed by atoms with Gasteiger partial charge in [-0.2, -0.15) is 0 Å². The molecule has 0 aliphatic heterocycles. The fourth-order valence-electron chi connectivity index (χ4n) is 1.77. The molecule has 20 heavy (non-hydrogen) atoms. The molecule has 0 aliphatic carbocycles. The molecule has 0 aliphatic rings. The lowest BCUT2D eigenvalue weighted by atomic mass is 10.0. The van der Waals surface area contributed by atoms with Gasteiger partial charge in [-0.25, -0.2) is 0 Å². The highest BCUT2D eigenvalue weighted by Crippen LogP contribution is 2.26. The van der Waals surface area contributed by atoms with E-state index < -0.39 is 0 Å². The van der Waals surface area contributed by atoms with Crippen LogP contribution in [0.2, 0.25) is 0 Å². The van der Waals surface area contributed by atoms with Gasteiger partial charge in [0.25, 0.3) is 0 Å². The monoisotopic (exact) mass is 342 g/mol. The minimum absolute atomic E-state index is 0.00848. The Morgan fingerprint density at radius 1 is 1.45 bits per heavy atom. The number of nitrogens with one attached hydrogen (secondary N) is 1. The van der Waals surface area contributed by atoms with E-state index in [-0.39, 0.29) is 11.9 Å². The molecule has 0 aromatic heterocycles. The topological polar surface area (TPSA) is 64.3 Å². The van der Waals surface area contributed by atoms with Crippen molar-refractivity contribution in [3.05, 3.63) is 28.2 Å². The summed E-state index contributed by atoms with van der Waals surface area (Å²) in [6, 6.07) is 6.14. The van der Waals surface area contributed by atoms with Crippen molar-refractivity contribution in [1.29, 1.82) is 0 Å². The number of rotatable bonds is 8. The van der Waals surface area contributed by atoms with Crippen LogP contribution in [0.4, 0.5) is 0 Å². The molecule has 1 unspecified atom stereocenters. The summed E-state index contributed by atoms with van der Waals surface area (Å²) >= 11 is 3.49. The first-order chi connectivity index (χ1) is 9.56. The summed E-state index contributed by atoms with van der Waals surface area (Å²) < 4.78 is 6.50. The fraction of sp³-hybridized carbons (Fsp3) is 0.533. The van der Waals surface area contributed by atoms with Crippen molar-refractivity contribution >= 4 is 21.8 Å². The van der Waals surface area contributed by atoms with Crippen molar-refractivity contribution in [2.45, 2.75) is 39.2 Å². The first-order valence-corrected chi connectivity index (χ1v) is 7.79. The Labute approximate surface area is 129 Å². The Morgan fingerprint density at radius 3 is 2.80 bits per heavy atom. The lowest BCUT2D eigenvalue weighted by Crippen LogP contribution is -2.24. The number of carbonyl (C=O) groups is 1. The molecule has 1 atom stereocenters. The third-order valence-corrected chi connectivity index (χ3v) is 3.60. The molecule has 3 N–H and O–H groups in total. The standard InChI is InChI=1S/C15H23BrN2O2/c1-3-12(17)9-11-5-6-14(13(16)10-11)20-8-7-15(19)18-4-2/h5-6,10,12H,3-4,7-9,17H2,1-2H3,(H,18,19). The minimum Gasteiger partial charge on any atom is -0.492 e. The molecule has 0 saturated carbocycles. The van der Waals surface area contributed by atoms with Gasteiger partial charge in [0.1, 0.15) is 5.75 Å². The molecule has 0 bridgehead atoms. The molecule has 4 nitrogen and oxygen atoms in total. The number of hydrogen-bond donors (Lipinski definition) is 2. The predicted molar refractivity (Wildman–Crippen MR) is 84.9 cm³/mol. The molecular weight excluding hydrogens is 320 g/mol. The van der Waals surface area contributed by atoms with Gasteiger partial charge in [-0.3, -0.25) is 4.79 Å². The zero-order valence-corrected chi connectivity index (χ0v) is 13.7. The predicted octanol–water partition coefficient (Wildman–Crippen LogP) is 2.63. The molecule has 1 aromatic rings. The number of ether oxygens (including phenoxy) is 1. The van der Waals surface area contributed by atoms with Gasteiger partial charge in [0.05, 0.1) is 17.5 Å². The molecule has 0 spiro atoms. The van der Waals surface area contributed by atoms with Gasteiger partial charge in [0, 0.05) is 12.6 Å². The van der Waals surface area contributed by atoms with Gasteiger partial charge in [0.2, 0.25) is 5.91 Å². The maximum absolute atomic E-state index is 11.3. The van der Waals surface area contributed by atoms with Gasteiger partial charge < -0.3 is 15.8 Å². The first kappa shape index (κ1) is 17.0. The number of halogens is 1. The van der Waals surface area contributed by atoms with E-state index in [1.807, 2.05) is 25.1 Å².